The Morgan fingerprint density at radius 1 is 0.875 bits per heavy atom. The average molecular weight is 324 g/mol. The normalized spacial score (nSPS) is 21.3. The zero-order valence-corrected chi connectivity index (χ0v) is 14.0. The molecule has 3 rings (SSSR count). The Morgan fingerprint density at radius 3 is 2.12 bits per heavy atom. The summed E-state index contributed by atoms with van der Waals surface area (Å²) in [6, 6.07) is 12.2. The summed E-state index contributed by atoms with van der Waals surface area (Å²) in [5, 5.41) is 18.6. The molecule has 0 amide bonds. The number of hydrogen-bond acceptors (Lipinski definition) is 2. The summed E-state index contributed by atoms with van der Waals surface area (Å²) in [6.07, 6.45) is 0.793. The van der Waals surface area contributed by atoms with E-state index in [0.717, 1.165) is 23.1 Å². The Morgan fingerprint density at radius 2 is 1.50 bits per heavy atom. The SMILES string of the molecule is CC1(C)CC(C)(c2cccc(C(=O)O)c2)c2cc(C(=O)O)ccc21. The maximum Gasteiger partial charge on any atom is 0.335 e. The van der Waals surface area contributed by atoms with Gasteiger partial charge in [0.15, 0.2) is 0 Å². The molecule has 1 atom stereocenters. The molecule has 0 aliphatic heterocycles. The van der Waals surface area contributed by atoms with Gasteiger partial charge in [0.2, 0.25) is 0 Å². The first-order chi connectivity index (χ1) is 11.1. The molecule has 24 heavy (non-hydrogen) atoms. The topological polar surface area (TPSA) is 74.6 Å². The molecule has 4 heteroatoms. The van der Waals surface area contributed by atoms with Gasteiger partial charge < -0.3 is 10.2 Å². The number of carbonyl (C=O) groups is 2. The highest BCUT2D eigenvalue weighted by molar-refractivity contribution is 5.89. The van der Waals surface area contributed by atoms with Gasteiger partial charge in [0, 0.05) is 5.41 Å². The zero-order chi connectivity index (χ0) is 17.7. The molecule has 4 nitrogen and oxygen atoms in total. The molecule has 0 heterocycles. The van der Waals surface area contributed by atoms with E-state index in [-0.39, 0.29) is 16.5 Å². The van der Waals surface area contributed by atoms with Crippen LogP contribution in [0.4, 0.5) is 0 Å². The summed E-state index contributed by atoms with van der Waals surface area (Å²) in [7, 11) is 0. The number of rotatable bonds is 3. The van der Waals surface area contributed by atoms with Crippen LogP contribution in [0, 0.1) is 0 Å². The molecule has 0 bridgehead atoms. The maximum absolute atomic E-state index is 11.4. The minimum absolute atomic E-state index is 0.111. The summed E-state index contributed by atoms with van der Waals surface area (Å²) in [6.45, 7) is 6.34. The molecule has 2 aromatic carbocycles. The summed E-state index contributed by atoms with van der Waals surface area (Å²) in [5.74, 6) is -1.92. The molecule has 0 spiro atoms. The second-order valence-electron chi connectivity index (χ2n) is 7.34. The van der Waals surface area contributed by atoms with Crippen LogP contribution in [0.25, 0.3) is 0 Å². The lowest BCUT2D eigenvalue weighted by molar-refractivity contribution is 0.0686. The Labute approximate surface area is 140 Å². The Hall–Kier alpha value is -2.62. The van der Waals surface area contributed by atoms with Gasteiger partial charge in [-0.3, -0.25) is 0 Å². The highest BCUT2D eigenvalue weighted by atomic mass is 16.4. The van der Waals surface area contributed by atoms with Gasteiger partial charge in [-0.25, -0.2) is 9.59 Å². The minimum atomic E-state index is -0.961. The van der Waals surface area contributed by atoms with E-state index in [1.54, 1.807) is 30.3 Å². The van der Waals surface area contributed by atoms with Crippen LogP contribution in [0.3, 0.4) is 0 Å². The predicted molar refractivity (Wildman–Crippen MR) is 90.9 cm³/mol. The second kappa shape index (κ2) is 5.20. The van der Waals surface area contributed by atoms with Gasteiger partial charge in [0.25, 0.3) is 0 Å². The van der Waals surface area contributed by atoms with Gasteiger partial charge in [-0.15, -0.1) is 0 Å². The van der Waals surface area contributed by atoms with E-state index in [0.29, 0.717) is 0 Å². The highest BCUT2D eigenvalue weighted by Crippen LogP contribution is 2.52. The summed E-state index contributed by atoms with van der Waals surface area (Å²) in [5.41, 5.74) is 2.96. The average Bonchev–Trinajstić information content (AvgIpc) is 2.74. The smallest absolute Gasteiger partial charge is 0.335 e. The van der Waals surface area contributed by atoms with E-state index in [9.17, 15) is 19.8 Å². The number of carboxylic acids is 2. The molecule has 1 unspecified atom stereocenters. The van der Waals surface area contributed by atoms with Crippen molar-refractivity contribution >= 4 is 11.9 Å². The van der Waals surface area contributed by atoms with Crippen LogP contribution in [-0.4, -0.2) is 22.2 Å². The van der Waals surface area contributed by atoms with Crippen LogP contribution in [0.5, 0.6) is 0 Å². The maximum atomic E-state index is 11.4. The van der Waals surface area contributed by atoms with E-state index in [4.69, 9.17) is 0 Å². The van der Waals surface area contributed by atoms with Crippen LogP contribution in [-0.2, 0) is 10.8 Å². The third kappa shape index (κ3) is 2.39. The summed E-state index contributed by atoms with van der Waals surface area (Å²) < 4.78 is 0. The van der Waals surface area contributed by atoms with Crippen molar-refractivity contribution in [1.82, 2.24) is 0 Å². The van der Waals surface area contributed by atoms with E-state index >= 15 is 0 Å². The third-order valence-corrected chi connectivity index (χ3v) is 5.13. The molecule has 0 aromatic heterocycles. The fraction of sp³-hybridized carbons (Fsp3) is 0.300. The first kappa shape index (κ1) is 16.2. The molecular weight excluding hydrogens is 304 g/mol. The molecular formula is C20H20O4. The molecule has 1 aliphatic carbocycles. The Kier molecular flexibility index (Phi) is 3.52. The van der Waals surface area contributed by atoms with Crippen LogP contribution < -0.4 is 0 Å². The first-order valence-corrected chi connectivity index (χ1v) is 7.87. The van der Waals surface area contributed by atoms with E-state index < -0.39 is 17.4 Å². The van der Waals surface area contributed by atoms with Gasteiger partial charge in [0.1, 0.15) is 0 Å². The fourth-order valence-corrected chi connectivity index (χ4v) is 4.05. The number of fused-ring (bicyclic) bond motifs is 1. The number of carboxylic acid groups (broad SMARTS) is 2. The number of hydrogen-bond donors (Lipinski definition) is 2. The Balaban J connectivity index is 2.23. The molecule has 0 saturated carbocycles. The largest absolute Gasteiger partial charge is 0.478 e. The van der Waals surface area contributed by atoms with Crippen LogP contribution in [0.2, 0.25) is 0 Å². The van der Waals surface area contributed by atoms with Crippen molar-refractivity contribution in [2.45, 2.75) is 38.0 Å². The predicted octanol–water partition coefficient (Wildman–Crippen LogP) is 4.07. The quantitative estimate of drug-likeness (QED) is 0.892. The van der Waals surface area contributed by atoms with Crippen molar-refractivity contribution in [2.24, 2.45) is 0 Å². The van der Waals surface area contributed by atoms with E-state index in [1.807, 2.05) is 12.1 Å². The first-order valence-electron chi connectivity index (χ1n) is 7.87. The molecule has 0 fully saturated rings. The summed E-state index contributed by atoms with van der Waals surface area (Å²) in [4.78, 5) is 22.7. The van der Waals surface area contributed by atoms with Crippen molar-refractivity contribution in [1.29, 1.82) is 0 Å². The number of benzene rings is 2. The fourth-order valence-electron chi connectivity index (χ4n) is 4.05. The van der Waals surface area contributed by atoms with Gasteiger partial charge in [-0.05, 0) is 52.8 Å². The van der Waals surface area contributed by atoms with Crippen molar-refractivity contribution in [3.8, 4) is 0 Å². The Bertz CT molecular complexity index is 850. The molecule has 124 valence electrons. The molecule has 0 radical (unpaired) electrons. The monoisotopic (exact) mass is 324 g/mol. The lowest BCUT2D eigenvalue weighted by Gasteiger charge is -2.28. The summed E-state index contributed by atoms with van der Waals surface area (Å²) >= 11 is 0. The van der Waals surface area contributed by atoms with E-state index in [2.05, 4.69) is 20.8 Å². The van der Waals surface area contributed by atoms with E-state index in [1.165, 1.54) is 0 Å². The molecule has 2 N–H and O–H groups in total. The molecule has 2 aromatic rings. The van der Waals surface area contributed by atoms with Crippen molar-refractivity contribution in [2.75, 3.05) is 0 Å². The highest BCUT2D eigenvalue weighted by Gasteiger charge is 2.46. The van der Waals surface area contributed by atoms with Crippen LogP contribution >= 0.6 is 0 Å². The van der Waals surface area contributed by atoms with Crippen LogP contribution in [0.15, 0.2) is 42.5 Å². The lowest BCUT2D eigenvalue weighted by atomic mass is 9.74. The minimum Gasteiger partial charge on any atom is -0.478 e. The van der Waals surface area contributed by atoms with Crippen molar-refractivity contribution in [3.05, 3.63) is 70.3 Å². The second-order valence-corrected chi connectivity index (χ2v) is 7.34. The van der Waals surface area contributed by atoms with Gasteiger partial charge in [-0.1, -0.05) is 39.0 Å². The number of aromatic carboxylic acids is 2. The molecule has 0 saturated heterocycles. The van der Waals surface area contributed by atoms with Crippen molar-refractivity contribution in [3.63, 3.8) is 0 Å². The zero-order valence-electron chi connectivity index (χ0n) is 14.0. The van der Waals surface area contributed by atoms with Gasteiger partial charge in [-0.2, -0.15) is 0 Å². The lowest BCUT2D eigenvalue weighted by Crippen LogP contribution is -2.24. The standard InChI is InChI=1S/C20H20O4/c1-19(2)11-20(3,14-6-4-5-12(9-14)17(21)22)16-10-13(18(23)24)7-8-15(16)19/h4-10H,11H2,1-3H3,(H,21,22)(H,23,24). The molecule has 1 aliphatic rings. The van der Waals surface area contributed by atoms with Gasteiger partial charge in [0.05, 0.1) is 11.1 Å². The van der Waals surface area contributed by atoms with Crippen molar-refractivity contribution < 1.29 is 19.8 Å². The third-order valence-electron chi connectivity index (χ3n) is 5.13. The van der Waals surface area contributed by atoms with Gasteiger partial charge >= 0.3 is 11.9 Å². The van der Waals surface area contributed by atoms with Crippen LogP contribution in [0.1, 0.15) is 64.6 Å².